The molecule has 2 fully saturated rings. The van der Waals surface area contributed by atoms with E-state index in [0.717, 1.165) is 18.8 Å². The van der Waals surface area contributed by atoms with Gasteiger partial charge in [0.2, 0.25) is 0 Å². The quantitative estimate of drug-likeness (QED) is 0.456. The van der Waals surface area contributed by atoms with Gasteiger partial charge in [-0.25, -0.2) is 9.79 Å². The van der Waals surface area contributed by atoms with E-state index in [2.05, 4.69) is 17.0 Å². The number of aliphatic carboxylic acids is 1. The van der Waals surface area contributed by atoms with Crippen LogP contribution in [-0.4, -0.2) is 60.4 Å². The number of carboxylic acid groups (broad SMARTS) is 1. The number of amidine groups is 1. The molecule has 0 radical (unpaired) electrons. The monoisotopic (exact) mass is 529 g/mol. The minimum atomic E-state index is -1.13. The predicted molar refractivity (Wildman–Crippen MR) is 144 cm³/mol. The number of carbonyl (C=O) groups is 2. The highest BCUT2D eigenvalue weighted by Crippen LogP contribution is 2.39. The zero-order valence-corrected chi connectivity index (χ0v) is 21.8. The summed E-state index contributed by atoms with van der Waals surface area (Å²) in [5.74, 6) is -0.854. The lowest BCUT2D eigenvalue weighted by molar-refractivity contribution is -0.139. The summed E-state index contributed by atoms with van der Waals surface area (Å²) >= 11 is 7.62. The molecular formula is C26H28ClN3O5S. The first-order valence-electron chi connectivity index (χ1n) is 11.8. The van der Waals surface area contributed by atoms with Gasteiger partial charge in [0.05, 0.1) is 22.7 Å². The zero-order chi connectivity index (χ0) is 25.7. The Morgan fingerprint density at radius 2 is 1.92 bits per heavy atom. The SMILES string of the molecule is CCN1C(=O)/C(=C/c2cc(Cl)c(OCC(=O)O)c(OC)c2)SC1=Nc1ccc(N2CCCCC2)cc1. The summed E-state index contributed by atoms with van der Waals surface area (Å²) < 4.78 is 10.6. The van der Waals surface area contributed by atoms with Crippen molar-refractivity contribution < 1.29 is 24.2 Å². The van der Waals surface area contributed by atoms with Crippen molar-refractivity contribution in [1.82, 2.24) is 4.90 Å². The van der Waals surface area contributed by atoms with Gasteiger partial charge in [0.25, 0.3) is 5.91 Å². The van der Waals surface area contributed by atoms with Crippen LogP contribution in [0.15, 0.2) is 46.3 Å². The van der Waals surface area contributed by atoms with Crippen LogP contribution in [0.2, 0.25) is 5.02 Å². The van der Waals surface area contributed by atoms with Crippen molar-refractivity contribution in [3.8, 4) is 11.5 Å². The summed E-state index contributed by atoms with van der Waals surface area (Å²) in [4.78, 5) is 33.2. The van der Waals surface area contributed by atoms with Crippen LogP contribution in [0.1, 0.15) is 31.7 Å². The van der Waals surface area contributed by atoms with Crippen LogP contribution in [0.25, 0.3) is 6.08 Å². The molecule has 190 valence electrons. The van der Waals surface area contributed by atoms with E-state index in [4.69, 9.17) is 31.2 Å². The summed E-state index contributed by atoms with van der Waals surface area (Å²) in [6, 6.07) is 11.4. The number of likely N-dealkylation sites (N-methyl/N-ethyl adjacent to an activating group) is 1. The fraction of sp³-hybridized carbons (Fsp3) is 0.346. The number of ether oxygens (including phenoxy) is 2. The Hall–Kier alpha value is -3.17. The van der Waals surface area contributed by atoms with Crippen molar-refractivity contribution in [2.45, 2.75) is 26.2 Å². The van der Waals surface area contributed by atoms with Gasteiger partial charge in [-0.1, -0.05) is 11.6 Å². The first kappa shape index (κ1) is 25.9. The standard InChI is InChI=1S/C26H28ClN3O5S/c1-3-30-25(33)22(15-17-13-20(27)24(21(14-17)34-2)35-16-23(31)32)36-26(30)28-18-7-9-19(10-8-18)29-11-5-4-6-12-29/h7-10,13-15H,3-6,11-12,16H2,1-2H3,(H,31,32)/b22-15-,28-26?. The number of nitrogens with zero attached hydrogens (tertiary/aromatic N) is 3. The Bertz CT molecular complexity index is 1190. The van der Waals surface area contributed by atoms with Gasteiger partial charge in [-0.15, -0.1) is 0 Å². The third kappa shape index (κ3) is 5.96. The number of anilines is 1. The van der Waals surface area contributed by atoms with Crippen molar-refractivity contribution in [1.29, 1.82) is 0 Å². The highest BCUT2D eigenvalue weighted by atomic mass is 35.5. The molecule has 8 nitrogen and oxygen atoms in total. The van der Waals surface area contributed by atoms with Gasteiger partial charge in [-0.3, -0.25) is 9.69 Å². The van der Waals surface area contributed by atoms with E-state index < -0.39 is 12.6 Å². The van der Waals surface area contributed by atoms with Crippen LogP contribution in [-0.2, 0) is 9.59 Å². The maximum absolute atomic E-state index is 13.1. The highest BCUT2D eigenvalue weighted by Gasteiger charge is 2.32. The van der Waals surface area contributed by atoms with Crippen molar-refractivity contribution >= 4 is 57.9 Å². The fourth-order valence-corrected chi connectivity index (χ4v) is 5.46. The first-order chi connectivity index (χ1) is 17.4. The van der Waals surface area contributed by atoms with Crippen molar-refractivity contribution in [3.63, 3.8) is 0 Å². The smallest absolute Gasteiger partial charge is 0.341 e. The highest BCUT2D eigenvalue weighted by molar-refractivity contribution is 8.18. The normalized spacial score (nSPS) is 18.2. The molecule has 2 saturated heterocycles. The molecule has 2 aliphatic heterocycles. The lowest BCUT2D eigenvalue weighted by Gasteiger charge is -2.28. The molecule has 0 spiro atoms. The lowest BCUT2D eigenvalue weighted by atomic mass is 10.1. The van der Waals surface area contributed by atoms with E-state index in [1.165, 1.54) is 43.8 Å². The average molecular weight is 530 g/mol. The Balaban J connectivity index is 1.56. The van der Waals surface area contributed by atoms with Gasteiger partial charge in [0.15, 0.2) is 23.3 Å². The summed E-state index contributed by atoms with van der Waals surface area (Å²) in [6.45, 7) is 4.01. The molecule has 0 bridgehead atoms. The summed E-state index contributed by atoms with van der Waals surface area (Å²) in [5.41, 5.74) is 2.61. The molecule has 0 saturated carbocycles. The number of methoxy groups -OCH3 is 1. The molecule has 2 aliphatic rings. The van der Waals surface area contributed by atoms with Gasteiger partial charge in [-0.05, 0) is 86.0 Å². The maximum Gasteiger partial charge on any atom is 0.341 e. The molecule has 2 heterocycles. The number of carboxylic acids is 1. The number of benzene rings is 2. The predicted octanol–water partition coefficient (Wildman–Crippen LogP) is 5.43. The summed E-state index contributed by atoms with van der Waals surface area (Å²) in [5, 5.41) is 9.68. The van der Waals surface area contributed by atoms with E-state index in [-0.39, 0.29) is 22.4 Å². The Morgan fingerprint density at radius 3 is 2.56 bits per heavy atom. The summed E-state index contributed by atoms with van der Waals surface area (Å²) in [6.07, 6.45) is 5.45. The maximum atomic E-state index is 13.1. The number of carbonyl (C=O) groups excluding carboxylic acids is 1. The van der Waals surface area contributed by atoms with E-state index in [9.17, 15) is 9.59 Å². The molecular weight excluding hydrogens is 502 g/mol. The Kier molecular flexibility index (Phi) is 8.43. The molecule has 36 heavy (non-hydrogen) atoms. The third-order valence-electron chi connectivity index (χ3n) is 5.89. The van der Waals surface area contributed by atoms with Gasteiger partial charge in [0.1, 0.15) is 0 Å². The topological polar surface area (TPSA) is 91.7 Å². The van der Waals surface area contributed by atoms with E-state index in [1.807, 2.05) is 19.1 Å². The van der Waals surface area contributed by atoms with Crippen LogP contribution in [0, 0.1) is 0 Å². The number of hydrogen-bond donors (Lipinski definition) is 1. The van der Waals surface area contributed by atoms with Crippen molar-refractivity contribution in [3.05, 3.63) is 51.9 Å². The van der Waals surface area contributed by atoms with E-state index in [0.29, 0.717) is 22.2 Å². The number of amides is 1. The molecule has 4 rings (SSSR count). The van der Waals surface area contributed by atoms with Crippen molar-refractivity contribution in [2.24, 2.45) is 4.99 Å². The minimum absolute atomic E-state index is 0.138. The van der Waals surface area contributed by atoms with Crippen molar-refractivity contribution in [2.75, 3.05) is 38.3 Å². The van der Waals surface area contributed by atoms with Crippen LogP contribution in [0.3, 0.4) is 0 Å². The second-order valence-corrected chi connectivity index (χ2v) is 9.75. The second kappa shape index (κ2) is 11.7. The van der Waals surface area contributed by atoms with Crippen LogP contribution in [0.4, 0.5) is 11.4 Å². The molecule has 0 atom stereocenters. The molecule has 1 N–H and O–H groups in total. The van der Waals surface area contributed by atoms with Crippen LogP contribution >= 0.6 is 23.4 Å². The molecule has 0 aromatic heterocycles. The zero-order valence-electron chi connectivity index (χ0n) is 20.2. The van der Waals surface area contributed by atoms with Gasteiger partial charge in [-0.2, -0.15) is 0 Å². The second-order valence-electron chi connectivity index (χ2n) is 8.34. The van der Waals surface area contributed by atoms with E-state index in [1.54, 1.807) is 23.1 Å². The average Bonchev–Trinajstić information content (AvgIpc) is 3.17. The number of rotatable bonds is 8. The molecule has 10 heteroatoms. The number of aliphatic imine (C=N–C) groups is 1. The molecule has 2 aromatic carbocycles. The largest absolute Gasteiger partial charge is 0.493 e. The van der Waals surface area contributed by atoms with Gasteiger partial charge < -0.3 is 19.5 Å². The number of halogens is 1. The Labute approximate surface area is 219 Å². The molecule has 0 unspecified atom stereocenters. The fourth-order valence-electron chi connectivity index (χ4n) is 4.12. The number of piperidine rings is 1. The number of hydrogen-bond acceptors (Lipinski definition) is 7. The Morgan fingerprint density at radius 1 is 1.19 bits per heavy atom. The first-order valence-corrected chi connectivity index (χ1v) is 13.0. The number of thioether (sulfide) groups is 1. The van der Waals surface area contributed by atoms with Gasteiger partial charge >= 0.3 is 5.97 Å². The molecule has 1 amide bonds. The minimum Gasteiger partial charge on any atom is -0.493 e. The lowest BCUT2D eigenvalue weighted by Crippen LogP contribution is -2.29. The third-order valence-corrected chi connectivity index (χ3v) is 7.18. The van der Waals surface area contributed by atoms with Crippen LogP contribution in [0.5, 0.6) is 11.5 Å². The summed E-state index contributed by atoms with van der Waals surface area (Å²) in [7, 11) is 1.44. The van der Waals surface area contributed by atoms with E-state index >= 15 is 0 Å². The molecule has 2 aromatic rings. The van der Waals surface area contributed by atoms with Gasteiger partial charge in [0, 0.05) is 25.3 Å². The molecule has 0 aliphatic carbocycles. The van der Waals surface area contributed by atoms with Crippen LogP contribution < -0.4 is 14.4 Å².